The first-order chi connectivity index (χ1) is 9.26. The molecule has 1 fully saturated rings. The lowest BCUT2D eigenvalue weighted by Crippen LogP contribution is -2.37. The average Bonchev–Trinajstić information content (AvgIpc) is 2.42. The molecule has 1 saturated heterocycles. The van der Waals surface area contributed by atoms with Crippen molar-refractivity contribution in [1.82, 2.24) is 5.32 Å². The van der Waals surface area contributed by atoms with Crippen LogP contribution < -0.4 is 10.2 Å². The topological polar surface area (TPSA) is 24.5 Å². The Labute approximate surface area is 120 Å². The van der Waals surface area contributed by atoms with Gasteiger partial charge in [-0.05, 0) is 37.9 Å². The molecule has 0 radical (unpaired) electrons. The Bertz CT molecular complexity index is 409. The Hall–Kier alpha value is -0.770. The van der Waals surface area contributed by atoms with Crippen LogP contribution in [0.3, 0.4) is 0 Å². The van der Waals surface area contributed by atoms with E-state index < -0.39 is 0 Å². The van der Waals surface area contributed by atoms with Crippen LogP contribution in [0.15, 0.2) is 18.2 Å². The molecule has 2 rings (SSSR count). The van der Waals surface area contributed by atoms with Crippen molar-refractivity contribution in [3.63, 3.8) is 0 Å². The summed E-state index contributed by atoms with van der Waals surface area (Å²) in [6.45, 7) is 3.82. The van der Waals surface area contributed by atoms with E-state index in [2.05, 4.69) is 16.3 Å². The number of nitrogens with one attached hydrogen (secondary N) is 1. The SMILES string of the molecule is CNCc1c(Cl)cccc1N1CCCC(COC)C1. The molecule has 0 aliphatic carbocycles. The molecular weight excluding hydrogens is 260 g/mol. The van der Waals surface area contributed by atoms with Gasteiger partial charge in [0, 0.05) is 43.0 Å². The molecule has 0 spiro atoms. The van der Waals surface area contributed by atoms with Gasteiger partial charge in [-0.3, -0.25) is 0 Å². The number of piperidine rings is 1. The second-order valence-electron chi connectivity index (χ2n) is 5.18. The van der Waals surface area contributed by atoms with E-state index in [0.717, 1.165) is 31.3 Å². The molecule has 0 bridgehead atoms. The quantitative estimate of drug-likeness (QED) is 0.899. The molecule has 1 aliphatic rings. The van der Waals surface area contributed by atoms with Crippen molar-refractivity contribution < 1.29 is 4.74 Å². The first kappa shape index (κ1) is 14.6. The fraction of sp³-hybridized carbons (Fsp3) is 0.600. The van der Waals surface area contributed by atoms with Crippen LogP contribution in [0.2, 0.25) is 5.02 Å². The van der Waals surface area contributed by atoms with Crippen LogP contribution in [-0.2, 0) is 11.3 Å². The number of rotatable bonds is 5. The fourth-order valence-electron chi connectivity index (χ4n) is 2.85. The summed E-state index contributed by atoms with van der Waals surface area (Å²) in [6, 6.07) is 6.18. The molecule has 1 N–H and O–H groups in total. The van der Waals surface area contributed by atoms with Gasteiger partial charge < -0.3 is 15.0 Å². The lowest BCUT2D eigenvalue weighted by atomic mass is 9.97. The van der Waals surface area contributed by atoms with Crippen LogP contribution in [0.5, 0.6) is 0 Å². The molecule has 0 aromatic heterocycles. The van der Waals surface area contributed by atoms with Gasteiger partial charge >= 0.3 is 0 Å². The highest BCUT2D eigenvalue weighted by Crippen LogP contribution is 2.30. The van der Waals surface area contributed by atoms with Crippen LogP contribution in [0.1, 0.15) is 18.4 Å². The van der Waals surface area contributed by atoms with E-state index >= 15 is 0 Å². The van der Waals surface area contributed by atoms with E-state index in [1.165, 1.54) is 24.1 Å². The minimum atomic E-state index is 0.625. The van der Waals surface area contributed by atoms with Gasteiger partial charge in [-0.2, -0.15) is 0 Å². The number of hydrogen-bond acceptors (Lipinski definition) is 3. The van der Waals surface area contributed by atoms with Crippen LogP contribution in [-0.4, -0.2) is 33.9 Å². The summed E-state index contributed by atoms with van der Waals surface area (Å²) < 4.78 is 5.30. The zero-order valence-corrected chi connectivity index (χ0v) is 12.5. The maximum atomic E-state index is 6.33. The molecule has 3 nitrogen and oxygen atoms in total. The maximum absolute atomic E-state index is 6.33. The van der Waals surface area contributed by atoms with Crippen LogP contribution in [0, 0.1) is 5.92 Å². The normalized spacial score (nSPS) is 19.7. The Morgan fingerprint density at radius 2 is 2.32 bits per heavy atom. The van der Waals surface area contributed by atoms with Gasteiger partial charge in [-0.15, -0.1) is 0 Å². The molecule has 106 valence electrons. The molecule has 1 atom stereocenters. The predicted octanol–water partition coefficient (Wildman–Crippen LogP) is 2.92. The van der Waals surface area contributed by atoms with E-state index in [0.29, 0.717) is 5.92 Å². The van der Waals surface area contributed by atoms with Crippen molar-refractivity contribution in [1.29, 1.82) is 0 Å². The molecule has 0 amide bonds. The van der Waals surface area contributed by atoms with E-state index in [1.54, 1.807) is 7.11 Å². The maximum Gasteiger partial charge on any atom is 0.0507 e. The van der Waals surface area contributed by atoms with Gasteiger partial charge in [-0.1, -0.05) is 17.7 Å². The highest BCUT2D eigenvalue weighted by atomic mass is 35.5. The Balaban J connectivity index is 2.18. The molecular formula is C15H23ClN2O. The van der Waals surface area contributed by atoms with E-state index in [4.69, 9.17) is 16.3 Å². The first-order valence-electron chi connectivity index (χ1n) is 6.92. The monoisotopic (exact) mass is 282 g/mol. The summed E-state index contributed by atoms with van der Waals surface area (Å²) in [7, 11) is 3.74. The average molecular weight is 283 g/mol. The second-order valence-corrected chi connectivity index (χ2v) is 5.58. The van der Waals surface area contributed by atoms with Crippen molar-refractivity contribution in [3.8, 4) is 0 Å². The Morgan fingerprint density at radius 1 is 1.47 bits per heavy atom. The van der Waals surface area contributed by atoms with Crippen LogP contribution in [0.4, 0.5) is 5.69 Å². The van der Waals surface area contributed by atoms with E-state index in [-0.39, 0.29) is 0 Å². The number of anilines is 1. The summed E-state index contributed by atoms with van der Waals surface area (Å²) in [5, 5.41) is 4.05. The van der Waals surface area contributed by atoms with Crippen LogP contribution >= 0.6 is 11.6 Å². The third-order valence-electron chi connectivity index (χ3n) is 3.71. The van der Waals surface area contributed by atoms with Gasteiger partial charge in [0.05, 0.1) is 6.61 Å². The molecule has 19 heavy (non-hydrogen) atoms. The number of ether oxygens (including phenoxy) is 1. The number of nitrogens with zero attached hydrogens (tertiary/aromatic N) is 1. The third-order valence-corrected chi connectivity index (χ3v) is 4.06. The summed E-state index contributed by atoms with van der Waals surface area (Å²) in [5.74, 6) is 0.625. The minimum absolute atomic E-state index is 0.625. The van der Waals surface area contributed by atoms with E-state index in [9.17, 15) is 0 Å². The van der Waals surface area contributed by atoms with Crippen molar-refractivity contribution in [2.24, 2.45) is 5.92 Å². The van der Waals surface area contributed by atoms with Gasteiger partial charge in [0.25, 0.3) is 0 Å². The summed E-state index contributed by atoms with van der Waals surface area (Å²) in [5.41, 5.74) is 2.47. The highest BCUT2D eigenvalue weighted by Gasteiger charge is 2.22. The van der Waals surface area contributed by atoms with Gasteiger partial charge in [0.2, 0.25) is 0 Å². The molecule has 1 aliphatic heterocycles. The zero-order chi connectivity index (χ0) is 13.7. The number of halogens is 1. The largest absolute Gasteiger partial charge is 0.384 e. The first-order valence-corrected chi connectivity index (χ1v) is 7.30. The molecule has 4 heteroatoms. The van der Waals surface area contributed by atoms with Crippen molar-refractivity contribution in [2.45, 2.75) is 19.4 Å². The van der Waals surface area contributed by atoms with Gasteiger partial charge in [0.15, 0.2) is 0 Å². The number of benzene rings is 1. The molecule has 1 aromatic carbocycles. The minimum Gasteiger partial charge on any atom is -0.384 e. The number of hydrogen-bond donors (Lipinski definition) is 1. The van der Waals surface area contributed by atoms with E-state index in [1.807, 2.05) is 19.2 Å². The summed E-state index contributed by atoms with van der Waals surface area (Å²) >= 11 is 6.33. The van der Waals surface area contributed by atoms with Crippen molar-refractivity contribution in [3.05, 3.63) is 28.8 Å². The van der Waals surface area contributed by atoms with Crippen molar-refractivity contribution in [2.75, 3.05) is 38.8 Å². The van der Waals surface area contributed by atoms with Crippen molar-refractivity contribution >= 4 is 17.3 Å². The lowest BCUT2D eigenvalue weighted by molar-refractivity contribution is 0.143. The Kier molecular flexibility index (Phi) is 5.49. The molecule has 1 heterocycles. The van der Waals surface area contributed by atoms with Gasteiger partial charge in [0.1, 0.15) is 0 Å². The lowest BCUT2D eigenvalue weighted by Gasteiger charge is -2.35. The van der Waals surface area contributed by atoms with Gasteiger partial charge in [-0.25, -0.2) is 0 Å². The smallest absolute Gasteiger partial charge is 0.0507 e. The molecule has 0 saturated carbocycles. The summed E-state index contributed by atoms with van der Waals surface area (Å²) in [4.78, 5) is 2.45. The fourth-order valence-corrected chi connectivity index (χ4v) is 3.09. The predicted molar refractivity (Wildman–Crippen MR) is 81.0 cm³/mol. The van der Waals surface area contributed by atoms with Crippen LogP contribution in [0.25, 0.3) is 0 Å². The number of methoxy groups -OCH3 is 1. The zero-order valence-electron chi connectivity index (χ0n) is 11.8. The highest BCUT2D eigenvalue weighted by molar-refractivity contribution is 6.31. The molecule has 1 unspecified atom stereocenters. The third kappa shape index (κ3) is 3.62. The second kappa shape index (κ2) is 7.13. The standard InChI is InChI=1S/C15H23ClN2O/c1-17-9-13-14(16)6-3-7-15(13)18-8-4-5-12(10-18)11-19-2/h3,6-7,12,17H,4-5,8-11H2,1-2H3. The Morgan fingerprint density at radius 3 is 3.05 bits per heavy atom. The molecule has 1 aromatic rings. The summed E-state index contributed by atoms with van der Waals surface area (Å²) in [6.07, 6.45) is 2.48.